The first-order valence-corrected chi connectivity index (χ1v) is 12.2. The number of aromatic amines is 1. The zero-order chi connectivity index (χ0) is 23.2. The number of thioether (sulfide) groups is 1. The van der Waals surface area contributed by atoms with Gasteiger partial charge in [0, 0.05) is 31.3 Å². The van der Waals surface area contributed by atoms with E-state index in [4.69, 9.17) is 10.3 Å². The maximum atomic E-state index is 12.1. The molecule has 1 aromatic carbocycles. The van der Waals surface area contributed by atoms with Gasteiger partial charge in [-0.2, -0.15) is 10.1 Å². The van der Waals surface area contributed by atoms with E-state index in [0.717, 1.165) is 9.73 Å². The van der Waals surface area contributed by atoms with Crippen LogP contribution < -0.4 is 21.9 Å². The van der Waals surface area contributed by atoms with Gasteiger partial charge in [0.2, 0.25) is 17.6 Å². The van der Waals surface area contributed by atoms with Crippen molar-refractivity contribution in [3.8, 4) is 10.7 Å². The predicted molar refractivity (Wildman–Crippen MR) is 128 cm³/mol. The Kier molecular flexibility index (Phi) is 7.19. The molecule has 0 saturated carbocycles. The van der Waals surface area contributed by atoms with Gasteiger partial charge in [-0.25, -0.2) is 10.1 Å². The summed E-state index contributed by atoms with van der Waals surface area (Å²) in [7, 11) is 0. The lowest BCUT2D eigenvalue weighted by Gasteiger charge is -2.08. The van der Waals surface area contributed by atoms with Crippen LogP contribution in [0.4, 0.5) is 11.6 Å². The SMILES string of the molecule is CSc1nc(N)c(-c2noc(CCC(=O)NCCCNc3n[nH]c(=O)c4ccccc34)n2)s1. The third-order valence-corrected chi connectivity index (χ3v) is 6.76. The molecule has 0 bridgehead atoms. The maximum Gasteiger partial charge on any atom is 0.272 e. The van der Waals surface area contributed by atoms with E-state index in [1.807, 2.05) is 24.5 Å². The molecule has 0 aliphatic heterocycles. The van der Waals surface area contributed by atoms with Crippen molar-refractivity contribution >= 4 is 51.4 Å². The van der Waals surface area contributed by atoms with Gasteiger partial charge in [-0.3, -0.25) is 9.59 Å². The summed E-state index contributed by atoms with van der Waals surface area (Å²) >= 11 is 2.90. The molecular formula is C20H22N8O3S2. The highest BCUT2D eigenvalue weighted by atomic mass is 32.2. The number of aromatic nitrogens is 5. The standard InChI is InChI=1S/C20H22N8O3S2/c1-32-20-25-16(21)15(33-20)18-24-14(31-28-18)8-7-13(29)22-9-4-10-23-17-11-5-2-3-6-12(11)19(30)27-26-17/h2-3,5-6H,4,7-10,21H2,1H3,(H,22,29)(H,23,26)(H,27,30). The van der Waals surface area contributed by atoms with Crippen molar-refractivity contribution < 1.29 is 9.32 Å². The Hall–Kier alpha value is -3.45. The van der Waals surface area contributed by atoms with Gasteiger partial charge in [-0.05, 0) is 18.7 Å². The fraction of sp³-hybridized carbons (Fsp3) is 0.300. The van der Waals surface area contributed by atoms with Crippen molar-refractivity contribution in [3.63, 3.8) is 0 Å². The first-order valence-electron chi connectivity index (χ1n) is 10.2. The Morgan fingerprint density at radius 3 is 2.85 bits per heavy atom. The molecule has 172 valence electrons. The number of hydrogen-bond donors (Lipinski definition) is 4. The van der Waals surface area contributed by atoms with Crippen LogP contribution >= 0.6 is 23.1 Å². The average molecular weight is 487 g/mol. The summed E-state index contributed by atoms with van der Waals surface area (Å²) in [4.78, 5) is 33.2. The van der Waals surface area contributed by atoms with Gasteiger partial charge in [0.1, 0.15) is 10.7 Å². The number of nitrogens with one attached hydrogen (secondary N) is 3. The monoisotopic (exact) mass is 486 g/mol. The molecule has 0 radical (unpaired) electrons. The van der Waals surface area contributed by atoms with Gasteiger partial charge in [-0.15, -0.1) is 11.3 Å². The third kappa shape index (κ3) is 5.49. The lowest BCUT2D eigenvalue weighted by Crippen LogP contribution is -2.26. The van der Waals surface area contributed by atoms with E-state index in [9.17, 15) is 9.59 Å². The number of carbonyl (C=O) groups is 1. The Morgan fingerprint density at radius 1 is 1.24 bits per heavy atom. The summed E-state index contributed by atoms with van der Waals surface area (Å²) < 4.78 is 6.06. The first-order chi connectivity index (χ1) is 16.0. The van der Waals surface area contributed by atoms with Crippen molar-refractivity contribution in [2.45, 2.75) is 23.6 Å². The van der Waals surface area contributed by atoms with Crippen molar-refractivity contribution in [2.24, 2.45) is 0 Å². The molecule has 33 heavy (non-hydrogen) atoms. The van der Waals surface area contributed by atoms with Crippen LogP contribution in [0.3, 0.4) is 0 Å². The third-order valence-electron chi connectivity index (χ3n) is 4.71. The quantitative estimate of drug-likeness (QED) is 0.193. The van der Waals surface area contributed by atoms with Crippen LogP contribution in [0.15, 0.2) is 37.9 Å². The predicted octanol–water partition coefficient (Wildman–Crippen LogP) is 2.28. The van der Waals surface area contributed by atoms with Crippen LogP contribution in [0.25, 0.3) is 21.5 Å². The summed E-state index contributed by atoms with van der Waals surface area (Å²) in [5.41, 5.74) is 5.68. The Morgan fingerprint density at radius 2 is 2.06 bits per heavy atom. The molecule has 0 fully saturated rings. The lowest BCUT2D eigenvalue weighted by atomic mass is 10.2. The van der Waals surface area contributed by atoms with E-state index in [1.165, 1.54) is 23.1 Å². The van der Waals surface area contributed by atoms with Crippen LogP contribution in [-0.2, 0) is 11.2 Å². The van der Waals surface area contributed by atoms with E-state index in [-0.39, 0.29) is 17.9 Å². The van der Waals surface area contributed by atoms with E-state index in [0.29, 0.717) is 59.5 Å². The lowest BCUT2D eigenvalue weighted by molar-refractivity contribution is -0.121. The number of fused-ring (bicyclic) bond motifs is 1. The Labute approximate surface area is 196 Å². The molecule has 1 amide bonds. The van der Waals surface area contributed by atoms with Crippen LogP contribution in [0.5, 0.6) is 0 Å². The number of rotatable bonds is 10. The second kappa shape index (κ2) is 10.4. The number of aryl methyl sites for hydroxylation is 1. The van der Waals surface area contributed by atoms with Crippen LogP contribution in [0.2, 0.25) is 0 Å². The summed E-state index contributed by atoms with van der Waals surface area (Å²) in [5, 5.41) is 17.9. The van der Waals surface area contributed by atoms with Gasteiger partial charge in [0.05, 0.1) is 5.39 Å². The highest BCUT2D eigenvalue weighted by Gasteiger charge is 2.17. The molecule has 11 nitrogen and oxygen atoms in total. The summed E-state index contributed by atoms with van der Waals surface area (Å²) in [6, 6.07) is 7.26. The van der Waals surface area contributed by atoms with Crippen molar-refractivity contribution in [1.82, 2.24) is 30.6 Å². The number of nitrogens with two attached hydrogens (primary N) is 1. The highest BCUT2D eigenvalue weighted by Crippen LogP contribution is 2.34. The molecular weight excluding hydrogens is 464 g/mol. The average Bonchev–Trinajstić information content (AvgIpc) is 3.45. The maximum absolute atomic E-state index is 12.1. The van der Waals surface area contributed by atoms with E-state index in [1.54, 1.807) is 6.07 Å². The minimum Gasteiger partial charge on any atom is -0.382 e. The molecule has 4 aromatic rings. The minimum absolute atomic E-state index is 0.107. The number of carbonyl (C=O) groups excluding carboxylic acids is 1. The molecule has 0 aliphatic carbocycles. The fourth-order valence-electron chi connectivity index (χ4n) is 3.09. The van der Waals surface area contributed by atoms with E-state index in [2.05, 4.69) is 36.0 Å². The highest BCUT2D eigenvalue weighted by molar-refractivity contribution is 8.00. The van der Waals surface area contributed by atoms with Gasteiger partial charge >= 0.3 is 0 Å². The summed E-state index contributed by atoms with van der Waals surface area (Å²) in [6.07, 6.45) is 3.17. The first kappa shape index (κ1) is 22.7. The zero-order valence-corrected chi connectivity index (χ0v) is 19.4. The van der Waals surface area contributed by atoms with Crippen molar-refractivity contribution in [1.29, 1.82) is 0 Å². The molecule has 4 rings (SSSR count). The molecule has 0 saturated heterocycles. The van der Waals surface area contributed by atoms with Gasteiger partial charge in [0.15, 0.2) is 10.2 Å². The molecule has 0 spiro atoms. The molecule has 5 N–H and O–H groups in total. The van der Waals surface area contributed by atoms with Crippen LogP contribution in [-0.4, -0.2) is 50.6 Å². The fourth-order valence-corrected chi connectivity index (χ4v) is 4.51. The second-order valence-electron chi connectivity index (χ2n) is 6.99. The number of nitrogen functional groups attached to an aromatic ring is 1. The molecule has 0 aliphatic rings. The summed E-state index contributed by atoms with van der Waals surface area (Å²) in [6.45, 7) is 1.09. The number of hydrogen-bond acceptors (Lipinski definition) is 11. The Balaban J connectivity index is 1.19. The Bertz CT molecular complexity index is 1320. The molecule has 13 heteroatoms. The van der Waals surface area contributed by atoms with Gasteiger partial charge in [0.25, 0.3) is 5.56 Å². The summed E-state index contributed by atoms with van der Waals surface area (Å²) in [5.74, 6) is 1.62. The van der Waals surface area contributed by atoms with Crippen LogP contribution in [0, 0.1) is 0 Å². The molecule has 3 heterocycles. The van der Waals surface area contributed by atoms with E-state index >= 15 is 0 Å². The van der Waals surface area contributed by atoms with Crippen molar-refractivity contribution in [3.05, 3.63) is 40.5 Å². The van der Waals surface area contributed by atoms with Crippen LogP contribution in [0.1, 0.15) is 18.7 Å². The minimum atomic E-state index is -0.225. The normalized spacial score (nSPS) is 11.1. The molecule has 0 atom stereocenters. The molecule has 0 unspecified atom stereocenters. The van der Waals surface area contributed by atoms with E-state index < -0.39 is 0 Å². The smallest absolute Gasteiger partial charge is 0.272 e. The number of H-pyrrole nitrogens is 1. The largest absolute Gasteiger partial charge is 0.382 e. The second-order valence-corrected chi connectivity index (χ2v) is 9.04. The van der Waals surface area contributed by atoms with Crippen molar-refractivity contribution in [2.75, 3.05) is 30.4 Å². The number of anilines is 2. The molecule has 3 aromatic heterocycles. The number of amides is 1. The zero-order valence-electron chi connectivity index (χ0n) is 17.8. The number of benzene rings is 1. The number of thiazole rings is 1. The van der Waals surface area contributed by atoms with Gasteiger partial charge < -0.3 is 20.9 Å². The number of nitrogens with zero attached hydrogens (tertiary/aromatic N) is 4. The van der Waals surface area contributed by atoms with Gasteiger partial charge in [-0.1, -0.05) is 35.1 Å². The topological polar surface area (TPSA) is 165 Å².